The van der Waals surface area contributed by atoms with Crippen molar-refractivity contribution in [3.05, 3.63) is 35.9 Å². The van der Waals surface area contributed by atoms with Crippen LogP contribution < -0.4 is 0 Å². The molecule has 0 N–H and O–H groups in total. The number of ketones is 1. The van der Waals surface area contributed by atoms with E-state index in [0.29, 0.717) is 12.7 Å². The summed E-state index contributed by atoms with van der Waals surface area (Å²) < 4.78 is 15.4. The second kappa shape index (κ2) is 12.1. The number of rotatable bonds is 8. The van der Waals surface area contributed by atoms with Crippen LogP contribution in [0.25, 0.3) is 0 Å². The number of hydrogen-bond acceptors (Lipinski definition) is 4. The molecule has 1 aliphatic heterocycles. The number of carbonyl (C=O) groups excluding carboxylic acids is 1. The molecule has 1 saturated heterocycles. The summed E-state index contributed by atoms with van der Waals surface area (Å²) in [7, 11) is -1.85. The SMILES string of the molecule is CC(=O)C1(CCCC[N]([GaH2])[GaH2])CN(Cc2ccccc2)CC[PH]1=O.[Y]. The minimum Gasteiger partial charge on any atom is 0 e. The Morgan fingerprint density at radius 1 is 1.28 bits per heavy atom. The number of unbranched alkanes of at least 4 members (excludes halogenated alkanes) is 1. The van der Waals surface area contributed by atoms with Gasteiger partial charge < -0.3 is 0 Å². The fourth-order valence-corrected chi connectivity index (χ4v) is 7.15. The molecule has 2 rings (SSSR count). The van der Waals surface area contributed by atoms with Crippen molar-refractivity contribution in [1.82, 2.24) is 7.21 Å². The van der Waals surface area contributed by atoms with E-state index in [2.05, 4.69) is 31.5 Å². The summed E-state index contributed by atoms with van der Waals surface area (Å²) in [5.41, 5.74) is 1.27. The van der Waals surface area contributed by atoms with Gasteiger partial charge in [-0.25, -0.2) is 0 Å². The topological polar surface area (TPSA) is 40.6 Å². The number of hydrogen-bond donors (Lipinski definition) is 0. The summed E-state index contributed by atoms with van der Waals surface area (Å²) in [6.45, 7) is 5.21. The zero-order valence-electron chi connectivity index (χ0n) is 15.8. The maximum Gasteiger partial charge on any atom is 0 e. The van der Waals surface area contributed by atoms with Crippen LogP contribution in [0.1, 0.15) is 31.7 Å². The van der Waals surface area contributed by atoms with E-state index in [4.69, 9.17) is 0 Å². The standard InChI is InChI=1S/C17H25N2O2P.2Ga.Y.4H/c1-15(20)17(9-5-6-10-18)14-19(11-12-22(17)21)13-16-7-3-2-4-8-16;;;;;;;/h2-4,7-8,22H,5-6,9-14H2,1H3;;;;;;;. The van der Waals surface area contributed by atoms with E-state index in [0.717, 1.165) is 70.0 Å². The molecule has 4 nitrogen and oxygen atoms in total. The molecule has 0 amide bonds. The van der Waals surface area contributed by atoms with Crippen molar-refractivity contribution in [3.63, 3.8) is 0 Å². The first kappa shape index (κ1) is 24.5. The molecule has 1 aromatic rings. The fraction of sp³-hybridized carbons (Fsp3) is 0.588. The largest absolute Gasteiger partial charge is 0 e. The first-order valence-electron chi connectivity index (χ1n) is 8.89. The molecule has 1 heterocycles. The van der Waals surface area contributed by atoms with Crippen molar-refractivity contribution in [2.24, 2.45) is 0 Å². The molecule has 1 aliphatic rings. The van der Waals surface area contributed by atoms with Gasteiger partial charge in [0.15, 0.2) is 0 Å². The van der Waals surface area contributed by atoms with Crippen LogP contribution in [0, 0.1) is 0 Å². The van der Waals surface area contributed by atoms with Crippen LogP contribution in [0.4, 0.5) is 0 Å². The van der Waals surface area contributed by atoms with Gasteiger partial charge in [-0.3, -0.25) is 0 Å². The second-order valence-corrected chi connectivity index (χ2v) is 23.9. The molecule has 1 aromatic carbocycles. The Kier molecular flexibility index (Phi) is 11.8. The van der Waals surface area contributed by atoms with Gasteiger partial charge in [0, 0.05) is 32.7 Å². The Balaban J connectivity index is 0.00000312. The molecule has 0 saturated carbocycles. The Labute approximate surface area is 198 Å². The van der Waals surface area contributed by atoms with Crippen LogP contribution in [0.5, 0.6) is 0 Å². The maximum atomic E-state index is 12.8. The summed E-state index contributed by atoms with van der Waals surface area (Å²) in [5.74, 6) is 0.143. The Morgan fingerprint density at radius 3 is 2.56 bits per heavy atom. The fourth-order valence-electron chi connectivity index (χ4n) is 3.58. The van der Waals surface area contributed by atoms with E-state index in [1.54, 1.807) is 6.92 Å². The predicted octanol–water partition coefficient (Wildman–Crippen LogP) is 0.956. The molecular weight excluding hydrogens is 524 g/mol. The van der Waals surface area contributed by atoms with Crippen molar-refractivity contribution in [2.75, 3.05) is 25.8 Å². The maximum absolute atomic E-state index is 12.8. The predicted molar refractivity (Wildman–Crippen MR) is 107 cm³/mol. The van der Waals surface area contributed by atoms with Gasteiger partial charge >= 0.3 is 161 Å². The van der Waals surface area contributed by atoms with Crippen molar-refractivity contribution >= 4 is 51.3 Å². The van der Waals surface area contributed by atoms with Gasteiger partial charge in [0.1, 0.15) is 0 Å². The number of nitrogens with zero attached hydrogens (tertiary/aromatic N) is 2. The molecule has 8 heteroatoms. The van der Waals surface area contributed by atoms with Crippen molar-refractivity contribution < 1.29 is 42.1 Å². The molecule has 0 aromatic heterocycles. The average molecular weight is 553 g/mol. The summed E-state index contributed by atoms with van der Waals surface area (Å²) in [6, 6.07) is 10.4. The van der Waals surface area contributed by atoms with Crippen LogP contribution in [0.2, 0.25) is 0 Å². The molecule has 1 radical (unpaired) electrons. The van der Waals surface area contributed by atoms with E-state index in [1.165, 1.54) is 12.1 Å². The normalized spacial score (nSPS) is 24.0. The third-order valence-corrected chi connectivity index (χ3v) is 9.45. The average Bonchev–Trinajstić information content (AvgIpc) is 2.55. The molecule has 1 fully saturated rings. The van der Waals surface area contributed by atoms with Gasteiger partial charge in [-0.1, -0.05) is 6.07 Å². The molecule has 0 spiro atoms. The smallest absolute Gasteiger partial charge is 0 e. The van der Waals surface area contributed by atoms with Crippen LogP contribution in [0.3, 0.4) is 0 Å². The summed E-state index contributed by atoms with van der Waals surface area (Å²) in [4.78, 5) is 14.8. The van der Waals surface area contributed by atoms with E-state index in [-0.39, 0.29) is 38.5 Å². The van der Waals surface area contributed by atoms with Crippen LogP contribution in [-0.4, -0.2) is 81.6 Å². The molecule has 25 heavy (non-hydrogen) atoms. The Hall–Kier alpha value is 1.42. The zero-order chi connectivity index (χ0) is 17.6. The minimum absolute atomic E-state index is 0. The van der Waals surface area contributed by atoms with Crippen molar-refractivity contribution in [2.45, 2.75) is 37.9 Å². The monoisotopic (exact) mass is 551 g/mol. The van der Waals surface area contributed by atoms with E-state index >= 15 is 0 Å². The van der Waals surface area contributed by atoms with E-state index < -0.39 is 13.0 Å². The van der Waals surface area contributed by atoms with Crippen molar-refractivity contribution in [3.8, 4) is 0 Å². The molecular formula is C17H29Ga2N2O2PY. The number of Topliss-reactive ketones (excluding diaryl/α,β-unsaturated/α-hetero) is 1. The Bertz CT molecular complexity index is 577. The van der Waals surface area contributed by atoms with Crippen LogP contribution in [0.15, 0.2) is 30.3 Å². The zero-order valence-corrected chi connectivity index (χ0v) is 28.1. The van der Waals surface area contributed by atoms with E-state index in [1.807, 2.05) is 6.07 Å². The van der Waals surface area contributed by atoms with Gasteiger partial charge in [0.05, 0.1) is 0 Å². The Morgan fingerprint density at radius 2 is 1.96 bits per heavy atom. The first-order chi connectivity index (χ1) is 11.4. The van der Waals surface area contributed by atoms with Gasteiger partial charge in [-0.2, -0.15) is 0 Å². The third kappa shape index (κ3) is 7.39. The molecule has 0 bridgehead atoms. The third-order valence-electron chi connectivity index (χ3n) is 5.06. The van der Waals surface area contributed by atoms with Gasteiger partial charge in [-0.05, 0) is 0 Å². The van der Waals surface area contributed by atoms with Crippen LogP contribution in [-0.2, 0) is 48.6 Å². The molecule has 2 unspecified atom stereocenters. The van der Waals surface area contributed by atoms with Crippen LogP contribution >= 0.6 is 7.80 Å². The molecule has 0 aliphatic carbocycles. The van der Waals surface area contributed by atoms with Gasteiger partial charge in [-0.15, -0.1) is 0 Å². The van der Waals surface area contributed by atoms with Gasteiger partial charge in [0.25, 0.3) is 0 Å². The number of carbonyl (C=O) groups is 1. The molecule has 133 valence electrons. The first-order valence-corrected chi connectivity index (χ1v) is 14.3. The summed E-state index contributed by atoms with van der Waals surface area (Å²) >= 11 is 1.60. The van der Waals surface area contributed by atoms with Gasteiger partial charge in [0.2, 0.25) is 0 Å². The second-order valence-electron chi connectivity index (χ2n) is 7.27. The minimum atomic E-state index is -1.85. The van der Waals surface area contributed by atoms with E-state index in [9.17, 15) is 9.36 Å². The molecule has 2 atom stereocenters. The number of benzene rings is 1. The summed E-state index contributed by atoms with van der Waals surface area (Å²) in [6.07, 6.45) is 3.67. The van der Waals surface area contributed by atoms with Crippen molar-refractivity contribution in [1.29, 1.82) is 0 Å². The quantitative estimate of drug-likeness (QED) is 0.274. The summed E-state index contributed by atoms with van der Waals surface area (Å²) in [5, 5.41) is -0.577.